The molecule has 130 valence electrons. The summed E-state index contributed by atoms with van der Waals surface area (Å²) in [4.78, 5) is 24.4. The third-order valence-corrected chi connectivity index (χ3v) is 6.09. The van der Waals surface area contributed by atoms with Gasteiger partial charge < -0.3 is 10.1 Å². The lowest BCUT2D eigenvalue weighted by atomic mass is 10.1. The van der Waals surface area contributed by atoms with E-state index in [1.165, 1.54) is 12.1 Å². The molecule has 0 unspecified atom stereocenters. The van der Waals surface area contributed by atoms with Crippen LogP contribution in [0.2, 0.25) is 0 Å². The van der Waals surface area contributed by atoms with Gasteiger partial charge in [0.1, 0.15) is 0 Å². The quantitative estimate of drug-likeness (QED) is 0.869. The Morgan fingerprint density at radius 3 is 2.83 bits per heavy atom. The van der Waals surface area contributed by atoms with Gasteiger partial charge in [-0.25, -0.2) is 12.7 Å². The number of ether oxygens (including phenoxy) is 1. The van der Waals surface area contributed by atoms with Gasteiger partial charge >= 0.3 is 0 Å². The van der Waals surface area contributed by atoms with E-state index >= 15 is 0 Å². The number of hydrogen-bond donors (Lipinski definition) is 1. The highest BCUT2D eigenvalue weighted by molar-refractivity contribution is 7.94. The van der Waals surface area contributed by atoms with Crippen LogP contribution in [0.1, 0.15) is 30.1 Å². The van der Waals surface area contributed by atoms with E-state index in [4.69, 9.17) is 4.74 Å². The summed E-state index contributed by atoms with van der Waals surface area (Å²) in [6, 6.07) is 6.11. The van der Waals surface area contributed by atoms with Gasteiger partial charge in [-0.2, -0.15) is 0 Å². The van der Waals surface area contributed by atoms with E-state index in [2.05, 4.69) is 5.32 Å². The van der Waals surface area contributed by atoms with Crippen LogP contribution in [0.15, 0.2) is 24.3 Å². The Hall–Kier alpha value is -1.93. The third-order valence-electron chi connectivity index (χ3n) is 4.22. The Bertz CT molecular complexity index is 755. The van der Waals surface area contributed by atoms with Crippen molar-refractivity contribution in [2.24, 2.45) is 5.92 Å². The van der Waals surface area contributed by atoms with Gasteiger partial charge in [0.25, 0.3) is 5.91 Å². The van der Waals surface area contributed by atoms with Gasteiger partial charge in [-0.05, 0) is 31.0 Å². The molecule has 2 saturated heterocycles. The summed E-state index contributed by atoms with van der Waals surface area (Å²) in [7, 11) is -3.67. The fraction of sp³-hybridized carbons (Fsp3) is 0.500. The van der Waals surface area contributed by atoms with Gasteiger partial charge in [-0.15, -0.1) is 0 Å². The molecule has 3 rings (SSSR count). The van der Waals surface area contributed by atoms with Crippen LogP contribution < -0.4 is 9.62 Å². The molecule has 2 aliphatic rings. The summed E-state index contributed by atoms with van der Waals surface area (Å²) in [5, 5.41) is 2.78. The fourth-order valence-electron chi connectivity index (χ4n) is 2.97. The first-order chi connectivity index (χ1) is 11.4. The molecular formula is C16H20N2O5S. The Morgan fingerprint density at radius 1 is 1.42 bits per heavy atom. The number of carbonyl (C=O) groups excluding carboxylic acids is 2. The summed E-state index contributed by atoms with van der Waals surface area (Å²) in [6.07, 6.45) is 1.93. The lowest BCUT2D eigenvalue weighted by Crippen LogP contribution is -2.33. The zero-order valence-corrected chi connectivity index (χ0v) is 14.2. The summed E-state index contributed by atoms with van der Waals surface area (Å²) < 4.78 is 30.6. The Labute approximate surface area is 141 Å². The molecule has 1 aromatic rings. The average Bonchev–Trinajstić information content (AvgIpc) is 3.11. The second kappa shape index (κ2) is 6.52. The minimum Gasteiger partial charge on any atom is -0.376 e. The largest absolute Gasteiger partial charge is 0.376 e. The van der Waals surface area contributed by atoms with Gasteiger partial charge in [0, 0.05) is 18.7 Å². The number of nitrogens with zero attached hydrogens (tertiary/aromatic N) is 1. The van der Waals surface area contributed by atoms with Crippen molar-refractivity contribution in [3.8, 4) is 0 Å². The van der Waals surface area contributed by atoms with Crippen molar-refractivity contribution in [2.75, 3.05) is 23.2 Å². The van der Waals surface area contributed by atoms with E-state index in [1.54, 1.807) is 19.1 Å². The first-order valence-electron chi connectivity index (χ1n) is 7.95. The molecule has 7 nitrogen and oxygen atoms in total. The predicted molar refractivity (Wildman–Crippen MR) is 88.2 cm³/mol. The normalized spacial score (nSPS) is 25.9. The van der Waals surface area contributed by atoms with E-state index < -0.39 is 21.8 Å². The molecular weight excluding hydrogens is 332 g/mol. The SMILES string of the molecule is C[C@@H]1CS(=O)(=O)N(c2cccc(C(=O)NC[C@@H]3CCCO3)c2)C1=O. The highest BCUT2D eigenvalue weighted by atomic mass is 32.2. The molecule has 1 N–H and O–H groups in total. The molecule has 0 aliphatic carbocycles. The van der Waals surface area contributed by atoms with E-state index in [9.17, 15) is 18.0 Å². The van der Waals surface area contributed by atoms with Gasteiger partial charge in [-0.1, -0.05) is 13.0 Å². The monoisotopic (exact) mass is 352 g/mol. The predicted octanol–water partition coefficient (Wildman–Crippen LogP) is 0.908. The van der Waals surface area contributed by atoms with Gasteiger partial charge in [0.2, 0.25) is 15.9 Å². The topological polar surface area (TPSA) is 92.8 Å². The summed E-state index contributed by atoms with van der Waals surface area (Å²) in [6.45, 7) is 2.71. The minimum atomic E-state index is -3.67. The van der Waals surface area contributed by atoms with Crippen molar-refractivity contribution in [1.82, 2.24) is 5.32 Å². The standard InChI is InChI=1S/C16H20N2O5S/c1-11-10-24(21,22)18(16(11)20)13-5-2-4-12(8-13)15(19)17-9-14-6-3-7-23-14/h2,4-5,8,11,14H,3,6-7,9-10H2,1H3,(H,17,19)/t11-,14+/m1/s1. The first-order valence-corrected chi connectivity index (χ1v) is 9.56. The third kappa shape index (κ3) is 3.29. The van der Waals surface area contributed by atoms with Gasteiger partial charge in [-0.3, -0.25) is 9.59 Å². The maximum atomic E-state index is 12.3. The number of nitrogens with one attached hydrogen (secondary N) is 1. The number of benzene rings is 1. The number of sulfonamides is 1. The molecule has 0 saturated carbocycles. The molecule has 0 spiro atoms. The van der Waals surface area contributed by atoms with Crippen LogP contribution in [0.25, 0.3) is 0 Å². The van der Waals surface area contributed by atoms with E-state index in [1.807, 2.05) is 0 Å². The maximum absolute atomic E-state index is 12.3. The van der Waals surface area contributed by atoms with Crippen molar-refractivity contribution < 1.29 is 22.7 Å². The zero-order chi connectivity index (χ0) is 17.3. The van der Waals surface area contributed by atoms with Crippen molar-refractivity contribution in [2.45, 2.75) is 25.9 Å². The summed E-state index contributed by atoms with van der Waals surface area (Å²) in [5.74, 6) is -1.57. The van der Waals surface area contributed by atoms with Crippen LogP contribution >= 0.6 is 0 Å². The molecule has 2 atom stereocenters. The minimum absolute atomic E-state index is 0.0264. The van der Waals surface area contributed by atoms with Gasteiger partial charge in [0.15, 0.2) is 0 Å². The van der Waals surface area contributed by atoms with Gasteiger partial charge in [0.05, 0.1) is 23.5 Å². The van der Waals surface area contributed by atoms with Crippen LogP contribution in [-0.2, 0) is 19.6 Å². The number of rotatable bonds is 4. The molecule has 24 heavy (non-hydrogen) atoms. The van der Waals surface area contributed by atoms with Crippen LogP contribution in [0, 0.1) is 5.92 Å². The smallest absolute Gasteiger partial charge is 0.251 e. The first kappa shape index (κ1) is 16.9. The lowest BCUT2D eigenvalue weighted by Gasteiger charge is -2.16. The number of hydrogen-bond acceptors (Lipinski definition) is 5. The van der Waals surface area contributed by atoms with Crippen molar-refractivity contribution in [3.05, 3.63) is 29.8 Å². The molecule has 0 radical (unpaired) electrons. The van der Waals surface area contributed by atoms with Crippen molar-refractivity contribution >= 4 is 27.5 Å². The van der Waals surface area contributed by atoms with E-state index in [0.29, 0.717) is 18.7 Å². The fourth-order valence-corrected chi connectivity index (χ4v) is 4.79. The molecule has 2 fully saturated rings. The zero-order valence-electron chi connectivity index (χ0n) is 13.4. The molecule has 2 heterocycles. The van der Waals surface area contributed by atoms with Crippen LogP contribution in [0.4, 0.5) is 5.69 Å². The molecule has 8 heteroatoms. The van der Waals surface area contributed by atoms with Crippen molar-refractivity contribution in [3.63, 3.8) is 0 Å². The lowest BCUT2D eigenvalue weighted by molar-refractivity contribution is -0.119. The van der Waals surface area contributed by atoms with E-state index in [-0.39, 0.29) is 23.5 Å². The maximum Gasteiger partial charge on any atom is 0.251 e. The molecule has 0 bridgehead atoms. The highest BCUT2D eigenvalue weighted by Crippen LogP contribution is 2.28. The number of anilines is 1. The number of amides is 2. The summed E-state index contributed by atoms with van der Waals surface area (Å²) >= 11 is 0. The van der Waals surface area contributed by atoms with Crippen LogP contribution in [0.5, 0.6) is 0 Å². The average molecular weight is 352 g/mol. The molecule has 0 aromatic heterocycles. The van der Waals surface area contributed by atoms with E-state index in [0.717, 1.165) is 17.1 Å². The second-order valence-electron chi connectivity index (χ2n) is 6.18. The highest BCUT2D eigenvalue weighted by Gasteiger charge is 2.42. The van der Waals surface area contributed by atoms with Crippen LogP contribution in [0.3, 0.4) is 0 Å². The Kier molecular flexibility index (Phi) is 4.60. The van der Waals surface area contributed by atoms with Crippen molar-refractivity contribution in [1.29, 1.82) is 0 Å². The second-order valence-corrected chi connectivity index (χ2v) is 8.04. The Balaban J connectivity index is 1.76. The number of carbonyl (C=O) groups is 2. The molecule has 1 aromatic carbocycles. The summed E-state index contributed by atoms with van der Waals surface area (Å²) in [5.41, 5.74) is 0.516. The molecule has 2 amide bonds. The van der Waals surface area contributed by atoms with Crippen LogP contribution in [-0.4, -0.2) is 45.2 Å². The Morgan fingerprint density at radius 2 is 2.21 bits per heavy atom. The molecule has 2 aliphatic heterocycles.